The minimum atomic E-state index is -0.800. The van der Waals surface area contributed by atoms with Crippen LogP contribution in [0.5, 0.6) is 0 Å². The molecule has 142 valence electrons. The molecule has 27 heavy (non-hydrogen) atoms. The predicted octanol–water partition coefficient (Wildman–Crippen LogP) is 3.87. The Labute approximate surface area is 163 Å². The van der Waals surface area contributed by atoms with Gasteiger partial charge >= 0.3 is 0 Å². The minimum Gasteiger partial charge on any atom is -0.308 e. The van der Waals surface area contributed by atoms with E-state index in [1.807, 2.05) is 29.1 Å². The first-order valence-corrected chi connectivity index (χ1v) is 8.80. The summed E-state index contributed by atoms with van der Waals surface area (Å²) in [5.74, 6) is -1.35. The fourth-order valence-corrected chi connectivity index (χ4v) is 3.18. The number of benzene rings is 2. The molecular weight excluding hydrogens is 370 g/mol. The summed E-state index contributed by atoms with van der Waals surface area (Å²) < 4.78 is 28.2. The topological polar surface area (TPSA) is 42.7 Å². The molecule has 4 rings (SSSR count). The molecule has 1 aromatic heterocycles. The summed E-state index contributed by atoms with van der Waals surface area (Å²) in [6, 6.07) is 14.7. The molecule has 0 aliphatic heterocycles. The zero-order valence-corrected chi connectivity index (χ0v) is 15.5. The standard InChI is InChI=1S/C20H20F2N4.ClH/c21-18-7-6-15(10-19(18)22)17-11-20(17)23-12-16-13-26(25-24-16)9-8-14-4-2-1-3-5-14;/h1-7,10,13,17,20,23H,8-9,11-12H2;1H/t17-,20+;/m0./s1. The van der Waals surface area contributed by atoms with E-state index in [4.69, 9.17) is 0 Å². The third-order valence-electron chi connectivity index (χ3n) is 4.77. The first-order chi connectivity index (χ1) is 12.7. The van der Waals surface area contributed by atoms with E-state index in [-0.39, 0.29) is 24.4 Å². The fourth-order valence-electron chi connectivity index (χ4n) is 3.18. The predicted molar refractivity (Wildman–Crippen MR) is 102 cm³/mol. The summed E-state index contributed by atoms with van der Waals surface area (Å²) in [5.41, 5.74) is 3.00. The number of rotatable bonds is 7. The average Bonchev–Trinajstić information content (AvgIpc) is 3.30. The zero-order chi connectivity index (χ0) is 17.9. The van der Waals surface area contributed by atoms with Crippen molar-refractivity contribution in [2.24, 2.45) is 0 Å². The number of halogens is 3. The van der Waals surface area contributed by atoms with E-state index in [0.717, 1.165) is 30.6 Å². The Morgan fingerprint density at radius 2 is 1.89 bits per heavy atom. The van der Waals surface area contributed by atoms with E-state index in [0.29, 0.717) is 6.54 Å². The molecule has 1 saturated carbocycles. The van der Waals surface area contributed by atoms with Gasteiger partial charge in [0.1, 0.15) is 0 Å². The number of hydrogen-bond acceptors (Lipinski definition) is 3. The van der Waals surface area contributed by atoms with Gasteiger partial charge < -0.3 is 5.32 Å². The SMILES string of the molecule is Cl.Fc1ccc([C@@H]2C[C@H]2NCc2cn(CCc3ccccc3)nn2)cc1F. The van der Waals surface area contributed by atoms with Crippen LogP contribution >= 0.6 is 12.4 Å². The van der Waals surface area contributed by atoms with Gasteiger partial charge in [-0.2, -0.15) is 0 Å². The third kappa shape index (κ3) is 4.90. The van der Waals surface area contributed by atoms with Crippen molar-refractivity contribution in [3.8, 4) is 0 Å². The molecule has 7 heteroatoms. The minimum absolute atomic E-state index is 0. The molecule has 0 amide bonds. The summed E-state index contributed by atoms with van der Waals surface area (Å²) >= 11 is 0. The summed E-state index contributed by atoms with van der Waals surface area (Å²) in [6.07, 6.45) is 3.79. The molecule has 2 aromatic carbocycles. The third-order valence-corrected chi connectivity index (χ3v) is 4.77. The van der Waals surface area contributed by atoms with E-state index < -0.39 is 11.6 Å². The average molecular weight is 391 g/mol. The second kappa shape index (κ2) is 8.59. The highest BCUT2D eigenvalue weighted by atomic mass is 35.5. The van der Waals surface area contributed by atoms with Gasteiger partial charge in [-0.1, -0.05) is 41.6 Å². The Bertz CT molecular complexity index is 885. The summed E-state index contributed by atoms with van der Waals surface area (Å²) in [4.78, 5) is 0. The second-order valence-electron chi connectivity index (χ2n) is 6.71. The van der Waals surface area contributed by atoms with Gasteiger partial charge in [-0.05, 0) is 36.1 Å². The van der Waals surface area contributed by atoms with E-state index in [2.05, 4.69) is 27.8 Å². The summed E-state index contributed by atoms with van der Waals surface area (Å²) in [7, 11) is 0. The number of aromatic nitrogens is 3. The van der Waals surface area contributed by atoms with Crippen LogP contribution in [0.25, 0.3) is 0 Å². The lowest BCUT2D eigenvalue weighted by Crippen LogP contribution is -2.17. The van der Waals surface area contributed by atoms with Crippen molar-refractivity contribution in [3.05, 3.63) is 83.2 Å². The molecule has 0 saturated heterocycles. The van der Waals surface area contributed by atoms with Crippen LogP contribution in [0.3, 0.4) is 0 Å². The largest absolute Gasteiger partial charge is 0.308 e. The van der Waals surface area contributed by atoms with Crippen molar-refractivity contribution < 1.29 is 8.78 Å². The smallest absolute Gasteiger partial charge is 0.159 e. The van der Waals surface area contributed by atoms with Crippen LogP contribution in [0.15, 0.2) is 54.7 Å². The Morgan fingerprint density at radius 3 is 2.67 bits per heavy atom. The molecule has 4 nitrogen and oxygen atoms in total. The number of nitrogens with one attached hydrogen (secondary N) is 1. The molecule has 0 bridgehead atoms. The highest BCUT2D eigenvalue weighted by Crippen LogP contribution is 2.41. The fraction of sp³-hybridized carbons (Fsp3) is 0.300. The Morgan fingerprint density at radius 1 is 1.07 bits per heavy atom. The Balaban J connectivity index is 0.00000210. The molecule has 3 aromatic rings. The lowest BCUT2D eigenvalue weighted by molar-refractivity contribution is 0.506. The van der Waals surface area contributed by atoms with Crippen molar-refractivity contribution >= 4 is 12.4 Å². The van der Waals surface area contributed by atoms with E-state index in [1.54, 1.807) is 6.07 Å². The van der Waals surface area contributed by atoms with Crippen LogP contribution in [-0.4, -0.2) is 21.0 Å². The highest BCUT2D eigenvalue weighted by Gasteiger charge is 2.38. The molecule has 1 aliphatic rings. The number of nitrogens with zero attached hydrogens (tertiary/aromatic N) is 3. The molecule has 1 N–H and O–H groups in total. The van der Waals surface area contributed by atoms with Gasteiger partial charge in [-0.25, -0.2) is 8.78 Å². The lowest BCUT2D eigenvalue weighted by Gasteiger charge is -2.03. The maximum atomic E-state index is 13.3. The van der Waals surface area contributed by atoms with Crippen LogP contribution in [0, 0.1) is 11.6 Å². The van der Waals surface area contributed by atoms with Crippen LogP contribution in [0.4, 0.5) is 8.78 Å². The molecule has 1 aliphatic carbocycles. The van der Waals surface area contributed by atoms with E-state index in [1.165, 1.54) is 17.7 Å². The van der Waals surface area contributed by atoms with Gasteiger partial charge in [0.05, 0.1) is 5.69 Å². The van der Waals surface area contributed by atoms with Gasteiger partial charge in [0.2, 0.25) is 0 Å². The van der Waals surface area contributed by atoms with Gasteiger partial charge in [0.25, 0.3) is 0 Å². The molecule has 0 spiro atoms. The molecule has 2 atom stereocenters. The van der Waals surface area contributed by atoms with Gasteiger partial charge in [0.15, 0.2) is 11.6 Å². The van der Waals surface area contributed by atoms with Gasteiger partial charge in [-0.15, -0.1) is 17.5 Å². The molecule has 0 radical (unpaired) electrons. The lowest BCUT2D eigenvalue weighted by atomic mass is 10.1. The van der Waals surface area contributed by atoms with Crippen molar-refractivity contribution in [1.29, 1.82) is 0 Å². The molecule has 0 unspecified atom stereocenters. The monoisotopic (exact) mass is 390 g/mol. The van der Waals surface area contributed by atoms with Gasteiger partial charge in [-0.3, -0.25) is 4.68 Å². The summed E-state index contributed by atoms with van der Waals surface area (Å²) in [5, 5.41) is 11.8. The summed E-state index contributed by atoms with van der Waals surface area (Å²) in [6.45, 7) is 1.41. The van der Waals surface area contributed by atoms with Crippen molar-refractivity contribution in [2.75, 3.05) is 0 Å². The van der Waals surface area contributed by atoms with Crippen molar-refractivity contribution in [3.63, 3.8) is 0 Å². The van der Waals surface area contributed by atoms with Crippen LogP contribution in [-0.2, 0) is 19.5 Å². The van der Waals surface area contributed by atoms with Gasteiger partial charge in [0, 0.05) is 31.2 Å². The van der Waals surface area contributed by atoms with E-state index in [9.17, 15) is 8.78 Å². The van der Waals surface area contributed by atoms with Crippen LogP contribution in [0.1, 0.15) is 29.2 Å². The maximum absolute atomic E-state index is 13.3. The molecular formula is C20H21ClF2N4. The van der Waals surface area contributed by atoms with Crippen molar-refractivity contribution in [2.45, 2.75) is 37.9 Å². The van der Waals surface area contributed by atoms with Crippen molar-refractivity contribution in [1.82, 2.24) is 20.3 Å². The second-order valence-corrected chi connectivity index (χ2v) is 6.71. The quantitative estimate of drug-likeness (QED) is 0.666. The maximum Gasteiger partial charge on any atom is 0.159 e. The number of aryl methyl sites for hydroxylation is 2. The Hall–Kier alpha value is -2.31. The Kier molecular flexibility index (Phi) is 6.19. The van der Waals surface area contributed by atoms with Crippen LogP contribution in [0.2, 0.25) is 0 Å². The first-order valence-electron chi connectivity index (χ1n) is 8.80. The highest BCUT2D eigenvalue weighted by molar-refractivity contribution is 5.85. The number of hydrogen-bond donors (Lipinski definition) is 1. The van der Waals surface area contributed by atoms with E-state index >= 15 is 0 Å². The molecule has 1 heterocycles. The zero-order valence-electron chi connectivity index (χ0n) is 14.7. The first kappa shape index (κ1) is 19.5. The normalized spacial score (nSPS) is 18.1. The molecule has 1 fully saturated rings. The van der Waals surface area contributed by atoms with Crippen LogP contribution < -0.4 is 5.32 Å².